The number of hydrogen-bond donors (Lipinski definition) is 2. The van der Waals surface area contributed by atoms with Gasteiger partial charge in [-0.3, -0.25) is 9.48 Å². The maximum absolute atomic E-state index is 14.0. The molecule has 0 bridgehead atoms. The van der Waals surface area contributed by atoms with Gasteiger partial charge in [-0.15, -0.1) is 11.7 Å². The topological polar surface area (TPSA) is 101 Å². The third-order valence-electron chi connectivity index (χ3n) is 7.85. The van der Waals surface area contributed by atoms with Crippen LogP contribution in [0.3, 0.4) is 0 Å². The SMILES string of the molecule is C=CCN1C(=O)[C@@]2(O[C@@H](CCn3cc([C@H](O)c4ccccc4)nn3)[C@H](C(C)(C)O)[C@H]2C)c2cc(I)ccc21. The molecule has 1 amide bonds. The van der Waals surface area contributed by atoms with Crippen molar-refractivity contribution in [1.29, 1.82) is 0 Å². The Bertz CT molecular complexity index is 1340. The van der Waals surface area contributed by atoms with Gasteiger partial charge in [-0.2, -0.15) is 0 Å². The lowest BCUT2D eigenvalue weighted by atomic mass is 9.71. The van der Waals surface area contributed by atoms with Gasteiger partial charge in [0, 0.05) is 34.1 Å². The summed E-state index contributed by atoms with van der Waals surface area (Å²) in [5.41, 5.74) is 0.600. The van der Waals surface area contributed by atoms with E-state index in [9.17, 15) is 15.0 Å². The van der Waals surface area contributed by atoms with Crippen molar-refractivity contribution in [3.8, 4) is 0 Å². The Morgan fingerprint density at radius 2 is 2.00 bits per heavy atom. The molecule has 0 aliphatic carbocycles. The number of rotatable bonds is 8. The van der Waals surface area contributed by atoms with E-state index >= 15 is 0 Å². The minimum atomic E-state index is -1.19. The summed E-state index contributed by atoms with van der Waals surface area (Å²) in [6.07, 6.45) is 2.69. The summed E-state index contributed by atoms with van der Waals surface area (Å²) in [5, 5.41) is 30.4. The first-order valence-corrected chi connectivity index (χ1v) is 13.9. The summed E-state index contributed by atoms with van der Waals surface area (Å²) in [6, 6.07) is 15.3. The van der Waals surface area contributed by atoms with Crippen molar-refractivity contribution in [2.45, 2.75) is 57.1 Å². The Labute approximate surface area is 236 Å². The predicted octanol–water partition coefficient (Wildman–Crippen LogP) is 4.20. The molecule has 2 aromatic carbocycles. The molecule has 9 heteroatoms. The van der Waals surface area contributed by atoms with E-state index in [2.05, 4.69) is 39.5 Å². The van der Waals surface area contributed by atoms with Gasteiger partial charge >= 0.3 is 0 Å². The van der Waals surface area contributed by atoms with E-state index in [0.29, 0.717) is 25.2 Å². The molecule has 1 fully saturated rings. The number of halogens is 1. The van der Waals surface area contributed by atoms with Crippen molar-refractivity contribution in [2.75, 3.05) is 11.4 Å². The maximum Gasteiger partial charge on any atom is 0.264 e. The fraction of sp³-hybridized carbons (Fsp3) is 0.414. The lowest BCUT2D eigenvalue weighted by Crippen LogP contribution is -2.46. The van der Waals surface area contributed by atoms with Crippen molar-refractivity contribution < 1.29 is 19.7 Å². The van der Waals surface area contributed by atoms with E-state index in [1.807, 2.05) is 55.5 Å². The number of anilines is 1. The molecule has 1 aromatic heterocycles. The van der Waals surface area contributed by atoms with Gasteiger partial charge in [0.05, 0.1) is 23.6 Å². The lowest BCUT2D eigenvalue weighted by molar-refractivity contribution is -0.146. The number of hydrogen-bond acceptors (Lipinski definition) is 6. The molecule has 2 aliphatic rings. The highest BCUT2D eigenvalue weighted by Crippen LogP contribution is 2.57. The monoisotopic (exact) mass is 628 g/mol. The zero-order valence-electron chi connectivity index (χ0n) is 21.8. The van der Waals surface area contributed by atoms with Gasteiger partial charge in [-0.25, -0.2) is 0 Å². The first kappa shape index (κ1) is 27.0. The Morgan fingerprint density at radius 1 is 1.26 bits per heavy atom. The predicted molar refractivity (Wildman–Crippen MR) is 152 cm³/mol. The number of fused-ring (bicyclic) bond motifs is 2. The number of carbonyl (C=O) groups excluding carboxylic acids is 1. The number of carbonyl (C=O) groups is 1. The molecule has 2 aliphatic heterocycles. The van der Waals surface area contributed by atoms with Crippen molar-refractivity contribution in [2.24, 2.45) is 11.8 Å². The van der Waals surface area contributed by atoms with Crippen LogP contribution in [-0.4, -0.2) is 49.4 Å². The smallest absolute Gasteiger partial charge is 0.264 e. The highest BCUT2D eigenvalue weighted by atomic mass is 127. The Morgan fingerprint density at radius 3 is 2.68 bits per heavy atom. The molecule has 0 saturated carbocycles. The van der Waals surface area contributed by atoms with Crippen LogP contribution in [0.1, 0.15) is 50.1 Å². The minimum absolute atomic E-state index is 0.118. The Hall–Kier alpha value is -2.60. The summed E-state index contributed by atoms with van der Waals surface area (Å²) >= 11 is 2.25. The summed E-state index contributed by atoms with van der Waals surface area (Å²) in [4.78, 5) is 15.7. The number of aromatic nitrogens is 3. The standard InChI is InChI=1S/C29H33IN4O4/c1-5-14-34-23-12-11-20(30)16-21(23)29(27(34)36)18(2)25(28(3,4)37)24(38-29)13-15-33-17-22(31-32-33)26(35)19-9-7-6-8-10-19/h5-12,16-18,24-26,35,37H,1,13-15H2,2-4H3/t18-,24+,25-,26-,29+/m1/s1. The second-order valence-electron chi connectivity index (χ2n) is 10.7. The number of aliphatic hydroxyl groups is 2. The molecular formula is C29H33IN4O4. The molecule has 1 saturated heterocycles. The first-order chi connectivity index (χ1) is 18.1. The molecule has 0 radical (unpaired) electrons. The van der Waals surface area contributed by atoms with Crippen molar-refractivity contribution >= 4 is 34.2 Å². The van der Waals surface area contributed by atoms with Crippen LogP contribution in [0.4, 0.5) is 5.69 Å². The third kappa shape index (κ3) is 4.49. The molecule has 2 N–H and O–H groups in total. The Kier molecular flexibility index (Phi) is 7.23. The molecule has 5 rings (SSSR count). The number of benzene rings is 2. The largest absolute Gasteiger partial charge is 0.390 e. The fourth-order valence-corrected chi connectivity index (χ4v) is 6.73. The Balaban J connectivity index is 1.43. The van der Waals surface area contributed by atoms with Gasteiger partial charge in [0.1, 0.15) is 11.8 Å². The van der Waals surface area contributed by atoms with E-state index in [-0.39, 0.29) is 17.7 Å². The van der Waals surface area contributed by atoms with Gasteiger partial charge in [-0.1, -0.05) is 48.5 Å². The molecular weight excluding hydrogens is 595 g/mol. The van der Waals surface area contributed by atoms with Crippen molar-refractivity contribution in [3.63, 3.8) is 0 Å². The number of aryl methyl sites for hydroxylation is 1. The van der Waals surface area contributed by atoms with Crippen LogP contribution < -0.4 is 4.90 Å². The summed E-state index contributed by atoms with van der Waals surface area (Å²) in [7, 11) is 0. The van der Waals surface area contributed by atoms with E-state index in [4.69, 9.17) is 4.74 Å². The highest BCUT2D eigenvalue weighted by molar-refractivity contribution is 14.1. The van der Waals surface area contributed by atoms with E-state index < -0.39 is 23.4 Å². The van der Waals surface area contributed by atoms with Gasteiger partial charge < -0.3 is 19.8 Å². The zero-order valence-corrected chi connectivity index (χ0v) is 23.9. The molecule has 1 spiro atoms. The normalized spacial score (nSPS) is 25.7. The number of amides is 1. The molecule has 0 unspecified atom stereocenters. The van der Waals surface area contributed by atoms with Gasteiger partial charge in [0.15, 0.2) is 5.60 Å². The van der Waals surface area contributed by atoms with E-state index in [1.165, 1.54) is 0 Å². The molecule has 3 aromatic rings. The van der Waals surface area contributed by atoms with Crippen LogP contribution in [0, 0.1) is 15.4 Å². The zero-order chi connectivity index (χ0) is 27.2. The van der Waals surface area contributed by atoms with E-state index in [1.54, 1.807) is 35.7 Å². The van der Waals surface area contributed by atoms with Crippen LogP contribution in [0.15, 0.2) is 67.4 Å². The molecule has 200 valence electrons. The lowest BCUT2D eigenvalue weighted by Gasteiger charge is -2.34. The second-order valence-corrected chi connectivity index (χ2v) is 12.0. The summed E-state index contributed by atoms with van der Waals surface area (Å²) in [6.45, 7) is 10.2. The third-order valence-corrected chi connectivity index (χ3v) is 8.52. The average Bonchev–Trinajstić information content (AvgIpc) is 3.54. The summed E-state index contributed by atoms with van der Waals surface area (Å²) < 4.78 is 9.47. The van der Waals surface area contributed by atoms with Gasteiger partial charge in [-0.05, 0) is 66.6 Å². The second kappa shape index (κ2) is 10.2. The fourth-order valence-electron chi connectivity index (χ4n) is 6.24. The molecule has 3 heterocycles. The number of ether oxygens (including phenoxy) is 1. The number of aliphatic hydroxyl groups excluding tert-OH is 1. The quantitative estimate of drug-likeness (QED) is 0.287. The van der Waals surface area contributed by atoms with Gasteiger partial charge in [0.25, 0.3) is 5.91 Å². The molecule has 8 nitrogen and oxygen atoms in total. The van der Waals surface area contributed by atoms with Crippen LogP contribution in [0.25, 0.3) is 0 Å². The van der Waals surface area contributed by atoms with E-state index in [0.717, 1.165) is 20.4 Å². The van der Waals surface area contributed by atoms with Crippen LogP contribution in [0.5, 0.6) is 0 Å². The molecule has 5 atom stereocenters. The van der Waals surface area contributed by atoms with Crippen LogP contribution in [0.2, 0.25) is 0 Å². The first-order valence-electron chi connectivity index (χ1n) is 12.8. The summed E-state index contributed by atoms with van der Waals surface area (Å²) in [5.74, 6) is -0.704. The minimum Gasteiger partial charge on any atom is -0.390 e. The maximum atomic E-state index is 14.0. The van der Waals surface area contributed by atoms with Crippen molar-refractivity contribution in [1.82, 2.24) is 15.0 Å². The molecule has 38 heavy (non-hydrogen) atoms. The van der Waals surface area contributed by atoms with Crippen LogP contribution >= 0.6 is 22.6 Å². The van der Waals surface area contributed by atoms with Crippen LogP contribution in [-0.2, 0) is 21.7 Å². The number of nitrogens with zero attached hydrogens (tertiary/aromatic N) is 4. The van der Waals surface area contributed by atoms with Gasteiger partial charge in [0.2, 0.25) is 0 Å². The average molecular weight is 629 g/mol. The van der Waals surface area contributed by atoms with Crippen molar-refractivity contribution in [3.05, 3.63) is 87.8 Å². The highest BCUT2D eigenvalue weighted by Gasteiger charge is 2.65.